The second-order valence-electron chi connectivity index (χ2n) is 4.37. The van der Waals surface area contributed by atoms with Gasteiger partial charge < -0.3 is 5.32 Å². The largest absolute Gasteiger partial charge is 0.308 e. The molecule has 0 fully saturated rings. The van der Waals surface area contributed by atoms with Crippen molar-refractivity contribution < 1.29 is 4.92 Å². The summed E-state index contributed by atoms with van der Waals surface area (Å²) in [5.41, 5.74) is 0.435. The van der Waals surface area contributed by atoms with Crippen LogP contribution in [0.3, 0.4) is 0 Å². The van der Waals surface area contributed by atoms with Gasteiger partial charge in [0.1, 0.15) is 17.8 Å². The van der Waals surface area contributed by atoms with Gasteiger partial charge in [-0.2, -0.15) is 5.10 Å². The lowest BCUT2D eigenvalue weighted by molar-refractivity contribution is -0.384. The number of benzene rings is 1. The van der Waals surface area contributed by atoms with E-state index in [4.69, 9.17) is 0 Å². The van der Waals surface area contributed by atoms with Crippen molar-refractivity contribution in [1.29, 1.82) is 0 Å². The highest BCUT2D eigenvalue weighted by Crippen LogP contribution is 2.22. The average Bonchev–Trinajstić information content (AvgIpc) is 2.84. The summed E-state index contributed by atoms with van der Waals surface area (Å²) >= 11 is 0. The number of nitro groups is 1. The molecule has 7 nitrogen and oxygen atoms in total. The SMILES string of the molecule is CC(C)NCc1ncnn1-c1ccccc1[N+](=O)[O-]. The Hall–Kier alpha value is -2.28. The molecule has 0 unspecified atom stereocenters. The third kappa shape index (κ3) is 2.94. The second-order valence-corrected chi connectivity index (χ2v) is 4.37. The van der Waals surface area contributed by atoms with Gasteiger partial charge in [-0.05, 0) is 6.07 Å². The van der Waals surface area contributed by atoms with Crippen molar-refractivity contribution in [3.05, 3.63) is 46.5 Å². The maximum Gasteiger partial charge on any atom is 0.294 e. The molecule has 0 aliphatic carbocycles. The zero-order valence-electron chi connectivity index (χ0n) is 10.8. The highest BCUT2D eigenvalue weighted by Gasteiger charge is 2.17. The van der Waals surface area contributed by atoms with Gasteiger partial charge in [0.15, 0.2) is 0 Å². The summed E-state index contributed by atoms with van der Waals surface area (Å²) in [6.45, 7) is 4.54. The van der Waals surface area contributed by atoms with Crippen molar-refractivity contribution in [3.63, 3.8) is 0 Å². The molecule has 1 N–H and O–H groups in total. The molecule has 0 aliphatic heterocycles. The zero-order valence-corrected chi connectivity index (χ0v) is 10.8. The number of para-hydroxylation sites is 2. The van der Waals surface area contributed by atoms with Crippen LogP contribution in [0.1, 0.15) is 19.7 Å². The minimum absolute atomic E-state index is 0.0128. The lowest BCUT2D eigenvalue weighted by Crippen LogP contribution is -2.24. The number of aromatic nitrogens is 3. The molecular weight excluding hydrogens is 246 g/mol. The average molecular weight is 261 g/mol. The van der Waals surface area contributed by atoms with Crippen LogP contribution in [0.5, 0.6) is 0 Å². The van der Waals surface area contributed by atoms with Gasteiger partial charge >= 0.3 is 0 Å². The molecule has 0 aliphatic rings. The maximum atomic E-state index is 11.0. The van der Waals surface area contributed by atoms with E-state index in [0.717, 1.165) is 0 Å². The number of rotatable bonds is 5. The fourth-order valence-electron chi connectivity index (χ4n) is 1.68. The van der Waals surface area contributed by atoms with E-state index in [0.29, 0.717) is 24.1 Å². The summed E-state index contributed by atoms with van der Waals surface area (Å²) in [4.78, 5) is 14.7. The minimum Gasteiger partial charge on any atom is -0.308 e. The van der Waals surface area contributed by atoms with E-state index in [1.54, 1.807) is 18.2 Å². The van der Waals surface area contributed by atoms with E-state index in [1.165, 1.54) is 17.1 Å². The van der Waals surface area contributed by atoms with Crippen molar-refractivity contribution in [1.82, 2.24) is 20.1 Å². The van der Waals surface area contributed by atoms with Crippen LogP contribution in [0.15, 0.2) is 30.6 Å². The number of hydrogen-bond donors (Lipinski definition) is 1. The van der Waals surface area contributed by atoms with Gasteiger partial charge in [0.25, 0.3) is 5.69 Å². The summed E-state index contributed by atoms with van der Waals surface area (Å²) < 4.78 is 1.49. The molecule has 0 bridgehead atoms. The highest BCUT2D eigenvalue weighted by molar-refractivity contribution is 5.51. The van der Waals surface area contributed by atoms with E-state index in [9.17, 15) is 10.1 Å². The molecule has 0 atom stereocenters. The predicted molar refractivity (Wildman–Crippen MR) is 70.0 cm³/mol. The minimum atomic E-state index is -0.420. The summed E-state index contributed by atoms with van der Waals surface area (Å²) in [5, 5.41) is 18.3. The molecule has 100 valence electrons. The molecule has 0 saturated carbocycles. The normalized spacial score (nSPS) is 10.9. The van der Waals surface area contributed by atoms with Crippen LogP contribution < -0.4 is 5.32 Å². The predicted octanol–water partition coefficient (Wildman–Crippen LogP) is 1.67. The highest BCUT2D eigenvalue weighted by atomic mass is 16.6. The quantitative estimate of drug-likeness (QED) is 0.653. The van der Waals surface area contributed by atoms with Gasteiger partial charge in [-0.3, -0.25) is 10.1 Å². The Morgan fingerprint density at radius 2 is 2.16 bits per heavy atom. The maximum absolute atomic E-state index is 11.0. The van der Waals surface area contributed by atoms with Gasteiger partial charge in [-0.15, -0.1) is 0 Å². The van der Waals surface area contributed by atoms with Crippen molar-refractivity contribution in [2.45, 2.75) is 26.4 Å². The molecule has 0 radical (unpaired) electrons. The topological polar surface area (TPSA) is 85.9 Å². The van der Waals surface area contributed by atoms with Crippen LogP contribution in [-0.4, -0.2) is 25.7 Å². The Bertz CT molecular complexity index is 579. The van der Waals surface area contributed by atoms with Crippen molar-refractivity contribution in [3.8, 4) is 5.69 Å². The number of nitro benzene ring substituents is 1. The van der Waals surface area contributed by atoms with E-state index in [2.05, 4.69) is 15.4 Å². The Kier molecular flexibility index (Phi) is 3.86. The van der Waals surface area contributed by atoms with Crippen LogP contribution in [0.4, 0.5) is 5.69 Å². The summed E-state index contributed by atoms with van der Waals surface area (Å²) in [7, 11) is 0. The first-order chi connectivity index (χ1) is 9.09. The van der Waals surface area contributed by atoms with E-state index >= 15 is 0 Å². The molecule has 0 saturated heterocycles. The van der Waals surface area contributed by atoms with Crippen LogP contribution in [0.2, 0.25) is 0 Å². The van der Waals surface area contributed by atoms with Crippen molar-refractivity contribution >= 4 is 5.69 Å². The third-order valence-corrected chi connectivity index (χ3v) is 2.59. The first-order valence-corrected chi connectivity index (χ1v) is 5.95. The standard InChI is InChI=1S/C12H15N5O2/c1-9(2)13-7-12-14-8-15-16(12)10-5-3-4-6-11(10)17(18)19/h3-6,8-9,13H,7H2,1-2H3. The van der Waals surface area contributed by atoms with E-state index in [-0.39, 0.29) is 5.69 Å². The summed E-state index contributed by atoms with van der Waals surface area (Å²) in [6.07, 6.45) is 1.40. The molecular formula is C12H15N5O2. The van der Waals surface area contributed by atoms with Gasteiger partial charge in [-0.25, -0.2) is 9.67 Å². The van der Waals surface area contributed by atoms with E-state index in [1.807, 2.05) is 13.8 Å². The van der Waals surface area contributed by atoms with Crippen LogP contribution >= 0.6 is 0 Å². The molecule has 1 heterocycles. The fraction of sp³-hybridized carbons (Fsp3) is 0.333. The lowest BCUT2D eigenvalue weighted by Gasteiger charge is -2.09. The smallest absolute Gasteiger partial charge is 0.294 e. The molecule has 1 aromatic carbocycles. The second kappa shape index (κ2) is 5.57. The Balaban J connectivity index is 2.37. The molecule has 0 amide bonds. The Labute approximate surface area is 110 Å². The van der Waals surface area contributed by atoms with Gasteiger partial charge in [0.05, 0.1) is 11.5 Å². The molecule has 1 aromatic heterocycles. The molecule has 7 heteroatoms. The number of hydrogen-bond acceptors (Lipinski definition) is 5. The number of nitrogens with one attached hydrogen (secondary N) is 1. The fourth-order valence-corrected chi connectivity index (χ4v) is 1.68. The molecule has 2 aromatic rings. The van der Waals surface area contributed by atoms with Crippen molar-refractivity contribution in [2.75, 3.05) is 0 Å². The Morgan fingerprint density at radius 1 is 1.42 bits per heavy atom. The van der Waals surface area contributed by atoms with E-state index < -0.39 is 4.92 Å². The summed E-state index contributed by atoms with van der Waals surface area (Å²) in [5.74, 6) is 0.642. The first-order valence-electron chi connectivity index (χ1n) is 5.95. The van der Waals surface area contributed by atoms with Gasteiger partial charge in [0.2, 0.25) is 0 Å². The molecule has 19 heavy (non-hydrogen) atoms. The van der Waals surface area contributed by atoms with Crippen LogP contribution in [-0.2, 0) is 6.54 Å². The lowest BCUT2D eigenvalue weighted by atomic mass is 10.2. The first kappa shape index (κ1) is 13.2. The third-order valence-electron chi connectivity index (χ3n) is 2.59. The summed E-state index contributed by atoms with van der Waals surface area (Å²) in [6, 6.07) is 6.78. The van der Waals surface area contributed by atoms with Crippen LogP contribution in [0.25, 0.3) is 5.69 Å². The molecule has 0 spiro atoms. The van der Waals surface area contributed by atoms with Gasteiger partial charge in [-0.1, -0.05) is 26.0 Å². The number of nitrogens with zero attached hydrogens (tertiary/aromatic N) is 4. The van der Waals surface area contributed by atoms with Gasteiger partial charge in [0, 0.05) is 12.1 Å². The monoisotopic (exact) mass is 261 g/mol. The molecule has 2 rings (SSSR count). The zero-order chi connectivity index (χ0) is 13.8. The van der Waals surface area contributed by atoms with Crippen LogP contribution in [0, 0.1) is 10.1 Å². The Morgan fingerprint density at radius 3 is 2.84 bits per heavy atom. The van der Waals surface area contributed by atoms with Crippen molar-refractivity contribution in [2.24, 2.45) is 0 Å².